The molecule has 2 aromatic carbocycles. The second kappa shape index (κ2) is 9.06. The molecule has 0 aliphatic carbocycles. The molecule has 4 rings (SSSR count). The van der Waals surface area contributed by atoms with Crippen LogP contribution in [0.15, 0.2) is 36.4 Å². The number of amides is 4. The number of rotatable bonds is 2. The lowest BCUT2D eigenvalue weighted by Crippen LogP contribution is -2.50. The number of aryl methyl sites for hydroxylation is 1. The van der Waals surface area contributed by atoms with Gasteiger partial charge in [-0.3, -0.25) is 14.5 Å². The van der Waals surface area contributed by atoms with E-state index in [0.29, 0.717) is 29.9 Å². The van der Waals surface area contributed by atoms with Crippen LogP contribution in [0.5, 0.6) is 0 Å². The zero-order valence-corrected chi connectivity index (χ0v) is 20.6. The van der Waals surface area contributed by atoms with Gasteiger partial charge in [-0.05, 0) is 70.0 Å². The van der Waals surface area contributed by atoms with Crippen molar-refractivity contribution in [3.8, 4) is 0 Å². The number of hydrogen-bond acceptors (Lipinski definition) is 4. The minimum absolute atomic E-state index is 0. The van der Waals surface area contributed by atoms with Gasteiger partial charge in [-0.25, -0.2) is 4.79 Å². The maximum absolute atomic E-state index is 12.8. The van der Waals surface area contributed by atoms with E-state index in [1.807, 2.05) is 20.8 Å². The highest BCUT2D eigenvalue weighted by Gasteiger charge is 2.42. The molecule has 1 fully saturated rings. The fraction of sp³-hybridized carbons (Fsp3) is 0.400. The molecule has 8 heteroatoms. The van der Waals surface area contributed by atoms with Gasteiger partial charge >= 0.3 is 6.03 Å². The van der Waals surface area contributed by atoms with Crippen LogP contribution < -0.4 is 10.2 Å². The van der Waals surface area contributed by atoms with Crippen LogP contribution in [-0.4, -0.2) is 59.4 Å². The lowest BCUT2D eigenvalue weighted by Gasteiger charge is -2.37. The minimum atomic E-state index is -0.605. The van der Waals surface area contributed by atoms with Crippen LogP contribution in [0.1, 0.15) is 52.6 Å². The first-order valence-corrected chi connectivity index (χ1v) is 11.0. The monoisotopic (exact) mass is 470 g/mol. The number of halogens is 1. The Morgan fingerprint density at radius 2 is 1.55 bits per heavy atom. The summed E-state index contributed by atoms with van der Waals surface area (Å²) in [6.45, 7) is 12.5. The molecular weight excluding hydrogens is 440 g/mol. The Bertz CT molecular complexity index is 1100. The van der Waals surface area contributed by atoms with E-state index in [1.165, 1.54) is 21.7 Å². The van der Waals surface area contributed by atoms with Gasteiger partial charge in [0.2, 0.25) is 0 Å². The van der Waals surface area contributed by atoms with Gasteiger partial charge in [0.1, 0.15) is 0 Å². The molecule has 1 saturated heterocycles. The summed E-state index contributed by atoms with van der Waals surface area (Å²) >= 11 is 0. The van der Waals surface area contributed by atoms with E-state index in [-0.39, 0.29) is 30.3 Å². The molecule has 1 N–H and O–H groups in total. The molecule has 2 aromatic rings. The van der Waals surface area contributed by atoms with Gasteiger partial charge in [-0.15, -0.1) is 12.4 Å². The van der Waals surface area contributed by atoms with E-state index in [0.717, 1.165) is 13.1 Å². The number of urea groups is 1. The quantitative estimate of drug-likeness (QED) is 0.657. The molecule has 2 aliphatic heterocycles. The molecule has 0 bridgehead atoms. The molecule has 0 aromatic heterocycles. The number of anilines is 2. The van der Waals surface area contributed by atoms with Gasteiger partial charge < -0.3 is 15.1 Å². The predicted octanol–water partition coefficient (Wildman–Crippen LogP) is 4.47. The average Bonchev–Trinajstić information content (AvgIpc) is 3.00. The number of hydrogen-bond donors (Lipinski definition) is 1. The Morgan fingerprint density at radius 1 is 0.909 bits per heavy atom. The highest BCUT2D eigenvalue weighted by Crippen LogP contribution is 2.31. The molecule has 2 aliphatic rings. The zero-order chi connectivity index (χ0) is 23.2. The van der Waals surface area contributed by atoms with E-state index in [9.17, 15) is 14.4 Å². The van der Waals surface area contributed by atoms with Crippen LogP contribution in [0.25, 0.3) is 0 Å². The van der Waals surface area contributed by atoms with Crippen LogP contribution in [0, 0.1) is 13.8 Å². The zero-order valence-electron chi connectivity index (χ0n) is 19.8. The van der Waals surface area contributed by atoms with Gasteiger partial charge in [0.15, 0.2) is 0 Å². The highest BCUT2D eigenvalue weighted by atomic mass is 35.5. The Labute approximate surface area is 201 Å². The van der Waals surface area contributed by atoms with Gasteiger partial charge in [0.05, 0.1) is 11.1 Å². The first-order valence-electron chi connectivity index (χ1n) is 11.0. The van der Waals surface area contributed by atoms with Crippen molar-refractivity contribution in [2.75, 3.05) is 36.4 Å². The number of carbonyl (C=O) groups excluding carboxylic acids is 3. The van der Waals surface area contributed by atoms with Crippen molar-refractivity contribution in [1.29, 1.82) is 0 Å². The summed E-state index contributed by atoms with van der Waals surface area (Å²) in [5.41, 5.74) is 4.38. The number of carbonyl (C=O) groups is 3. The summed E-state index contributed by atoms with van der Waals surface area (Å²) in [5, 5.41) is 2.89. The van der Waals surface area contributed by atoms with Crippen molar-refractivity contribution in [1.82, 2.24) is 9.80 Å². The van der Waals surface area contributed by atoms with Crippen molar-refractivity contribution in [3.05, 3.63) is 58.7 Å². The second-order valence-corrected chi connectivity index (χ2v) is 9.50. The molecule has 0 saturated carbocycles. The maximum Gasteiger partial charge on any atom is 0.321 e. The molecule has 0 radical (unpaired) electrons. The Kier molecular flexibility index (Phi) is 6.75. The number of benzene rings is 2. The number of fused-ring (bicyclic) bond motifs is 1. The smallest absolute Gasteiger partial charge is 0.321 e. The topological polar surface area (TPSA) is 73.0 Å². The van der Waals surface area contributed by atoms with Crippen LogP contribution in [0.3, 0.4) is 0 Å². The van der Waals surface area contributed by atoms with Crippen LogP contribution >= 0.6 is 12.4 Å². The molecule has 0 spiro atoms. The summed E-state index contributed by atoms with van der Waals surface area (Å²) in [5.74, 6) is -0.617. The van der Waals surface area contributed by atoms with E-state index in [2.05, 4.69) is 42.3 Å². The number of nitrogens with zero attached hydrogens (tertiary/aromatic N) is 3. The summed E-state index contributed by atoms with van der Waals surface area (Å²) in [4.78, 5) is 43.6. The van der Waals surface area contributed by atoms with E-state index < -0.39 is 5.54 Å². The normalized spacial score (nSPS) is 16.0. The van der Waals surface area contributed by atoms with Gasteiger partial charge in [0.25, 0.3) is 11.8 Å². The van der Waals surface area contributed by atoms with Crippen LogP contribution in [0.4, 0.5) is 16.2 Å². The van der Waals surface area contributed by atoms with Crippen molar-refractivity contribution < 1.29 is 14.4 Å². The predicted molar refractivity (Wildman–Crippen MR) is 133 cm³/mol. The summed E-state index contributed by atoms with van der Waals surface area (Å²) in [6.07, 6.45) is 0. The standard InChI is InChI=1S/C25H30N4O3.ClH/c1-16-7-6-8-21(17(16)2)27-11-13-28(14-12-27)24(32)26-18-9-10-19-20(15-18)23(31)29(22(19)30)25(3,4)5;/h6-10,15H,11-14H2,1-5H3,(H,26,32);1H. The Hall–Kier alpha value is -3.06. The molecule has 0 unspecified atom stereocenters. The third-order valence-electron chi connectivity index (χ3n) is 6.29. The van der Waals surface area contributed by atoms with Gasteiger partial charge in [-0.1, -0.05) is 12.1 Å². The third-order valence-corrected chi connectivity index (χ3v) is 6.29. The summed E-state index contributed by atoms with van der Waals surface area (Å²) < 4.78 is 0. The molecular formula is C25H31ClN4O3. The highest BCUT2D eigenvalue weighted by molar-refractivity contribution is 6.22. The van der Waals surface area contributed by atoms with Crippen LogP contribution in [-0.2, 0) is 0 Å². The third kappa shape index (κ3) is 4.55. The molecule has 0 atom stereocenters. The Balaban J connectivity index is 0.00000306. The summed E-state index contributed by atoms with van der Waals surface area (Å²) in [7, 11) is 0. The van der Waals surface area contributed by atoms with E-state index in [4.69, 9.17) is 0 Å². The van der Waals surface area contributed by atoms with E-state index >= 15 is 0 Å². The molecule has 176 valence electrons. The van der Waals surface area contributed by atoms with Crippen LogP contribution in [0.2, 0.25) is 0 Å². The van der Waals surface area contributed by atoms with Crippen molar-refractivity contribution in [3.63, 3.8) is 0 Å². The molecule has 4 amide bonds. The maximum atomic E-state index is 12.8. The van der Waals surface area contributed by atoms with Gasteiger partial charge in [-0.2, -0.15) is 0 Å². The summed E-state index contributed by atoms with van der Waals surface area (Å²) in [6, 6.07) is 11.0. The molecule has 33 heavy (non-hydrogen) atoms. The SMILES string of the molecule is Cc1cccc(N2CCN(C(=O)Nc3ccc4c(c3)C(=O)N(C(C)(C)C)C4=O)CC2)c1C.Cl. The van der Waals surface area contributed by atoms with Gasteiger partial charge in [0, 0.05) is 43.1 Å². The van der Waals surface area contributed by atoms with E-state index in [1.54, 1.807) is 23.1 Å². The minimum Gasteiger partial charge on any atom is -0.368 e. The number of piperazine rings is 1. The van der Waals surface area contributed by atoms with Crippen molar-refractivity contribution in [2.24, 2.45) is 0 Å². The fourth-order valence-corrected chi connectivity index (χ4v) is 4.36. The largest absolute Gasteiger partial charge is 0.368 e. The lowest BCUT2D eigenvalue weighted by molar-refractivity contribution is 0.0507. The second-order valence-electron chi connectivity index (χ2n) is 9.50. The first kappa shape index (κ1) is 24.6. The molecule has 2 heterocycles. The number of nitrogens with one attached hydrogen (secondary N) is 1. The fourth-order valence-electron chi connectivity index (χ4n) is 4.36. The van der Waals surface area contributed by atoms with Crippen molar-refractivity contribution >= 4 is 41.6 Å². The average molecular weight is 471 g/mol. The lowest BCUT2D eigenvalue weighted by atomic mass is 10.1. The first-order chi connectivity index (χ1) is 15.1. The van der Waals surface area contributed by atoms with Crippen molar-refractivity contribution in [2.45, 2.75) is 40.2 Å². The Morgan fingerprint density at radius 3 is 2.18 bits per heavy atom. The number of imide groups is 1. The molecule has 7 nitrogen and oxygen atoms in total.